The smallest absolute Gasteiger partial charge is 0.289 e. The second-order valence-corrected chi connectivity index (χ2v) is 7.33. The quantitative estimate of drug-likeness (QED) is 0.849. The van der Waals surface area contributed by atoms with E-state index in [1.807, 2.05) is 24.0 Å². The maximum absolute atomic E-state index is 12.5. The molecule has 2 aliphatic rings. The summed E-state index contributed by atoms with van der Waals surface area (Å²) in [6.07, 6.45) is 3.62. The fourth-order valence-corrected chi connectivity index (χ4v) is 3.96. The Bertz CT molecular complexity index is 539. The minimum Gasteiger partial charge on any atom is -0.456 e. The molecule has 5 heteroatoms. The number of hydrogen-bond donors (Lipinski definition) is 0. The van der Waals surface area contributed by atoms with Gasteiger partial charge in [0, 0.05) is 39.1 Å². The highest BCUT2D eigenvalue weighted by Gasteiger charge is 2.29. The SMILES string of the molecule is CCc1ccc(C(=O)N2CCC(CN3C[C@@H](C)O[C@@H](C)C3)CC2)o1. The lowest BCUT2D eigenvalue weighted by atomic mass is 9.95. The second kappa shape index (κ2) is 7.70. The number of hydrogen-bond acceptors (Lipinski definition) is 4. The zero-order chi connectivity index (χ0) is 17.1. The monoisotopic (exact) mass is 334 g/mol. The molecule has 2 atom stereocenters. The second-order valence-electron chi connectivity index (χ2n) is 7.33. The van der Waals surface area contributed by atoms with Crippen molar-refractivity contribution in [2.45, 2.75) is 52.2 Å². The summed E-state index contributed by atoms with van der Waals surface area (Å²) in [4.78, 5) is 17.0. The molecule has 0 aliphatic carbocycles. The Morgan fingerprint density at radius 3 is 2.42 bits per heavy atom. The van der Waals surface area contributed by atoms with E-state index >= 15 is 0 Å². The van der Waals surface area contributed by atoms with Crippen LogP contribution in [0.4, 0.5) is 0 Å². The molecule has 0 unspecified atom stereocenters. The fourth-order valence-electron chi connectivity index (χ4n) is 3.96. The van der Waals surface area contributed by atoms with Gasteiger partial charge in [-0.05, 0) is 44.7 Å². The summed E-state index contributed by atoms with van der Waals surface area (Å²) in [7, 11) is 0. The van der Waals surface area contributed by atoms with Gasteiger partial charge in [-0.2, -0.15) is 0 Å². The Kier molecular flexibility index (Phi) is 5.61. The molecule has 2 saturated heterocycles. The zero-order valence-electron chi connectivity index (χ0n) is 15.2. The normalized spacial score (nSPS) is 26.7. The predicted octanol–water partition coefficient (Wildman–Crippen LogP) is 2.80. The van der Waals surface area contributed by atoms with Crippen LogP contribution in [0.15, 0.2) is 16.5 Å². The molecule has 24 heavy (non-hydrogen) atoms. The molecule has 2 aliphatic heterocycles. The molecule has 1 amide bonds. The van der Waals surface area contributed by atoms with E-state index in [2.05, 4.69) is 18.7 Å². The van der Waals surface area contributed by atoms with Crippen molar-refractivity contribution in [3.05, 3.63) is 23.7 Å². The molecule has 0 radical (unpaired) electrons. The van der Waals surface area contributed by atoms with E-state index in [1.54, 1.807) is 0 Å². The molecule has 0 spiro atoms. The molecule has 134 valence electrons. The van der Waals surface area contributed by atoms with Crippen LogP contribution >= 0.6 is 0 Å². The van der Waals surface area contributed by atoms with E-state index in [9.17, 15) is 4.79 Å². The van der Waals surface area contributed by atoms with Crippen LogP contribution in [0.25, 0.3) is 0 Å². The minimum atomic E-state index is 0.0433. The summed E-state index contributed by atoms with van der Waals surface area (Å²) in [6.45, 7) is 11.2. The molecule has 2 fully saturated rings. The summed E-state index contributed by atoms with van der Waals surface area (Å²) < 4.78 is 11.4. The third-order valence-corrected chi connectivity index (χ3v) is 5.13. The summed E-state index contributed by atoms with van der Waals surface area (Å²) in [5.74, 6) is 2.08. The summed E-state index contributed by atoms with van der Waals surface area (Å²) in [5, 5.41) is 0. The predicted molar refractivity (Wildman–Crippen MR) is 93.2 cm³/mol. The highest BCUT2D eigenvalue weighted by Crippen LogP contribution is 2.22. The Balaban J connectivity index is 1.47. The van der Waals surface area contributed by atoms with Crippen LogP contribution in [-0.4, -0.2) is 60.6 Å². The van der Waals surface area contributed by atoms with Crippen LogP contribution in [-0.2, 0) is 11.2 Å². The van der Waals surface area contributed by atoms with E-state index in [0.29, 0.717) is 23.9 Å². The molecule has 3 heterocycles. The molecule has 0 aromatic carbocycles. The first kappa shape index (κ1) is 17.5. The lowest BCUT2D eigenvalue weighted by Gasteiger charge is -2.39. The summed E-state index contributed by atoms with van der Waals surface area (Å²) >= 11 is 0. The molecular weight excluding hydrogens is 304 g/mol. The number of likely N-dealkylation sites (tertiary alicyclic amines) is 1. The van der Waals surface area contributed by atoms with Crippen molar-refractivity contribution in [2.24, 2.45) is 5.92 Å². The van der Waals surface area contributed by atoms with Crippen LogP contribution in [0.5, 0.6) is 0 Å². The number of ether oxygens (including phenoxy) is 1. The number of furan rings is 1. The largest absolute Gasteiger partial charge is 0.456 e. The van der Waals surface area contributed by atoms with Gasteiger partial charge in [-0.25, -0.2) is 0 Å². The molecular formula is C19H30N2O3. The molecule has 5 nitrogen and oxygen atoms in total. The van der Waals surface area contributed by atoms with Crippen LogP contribution < -0.4 is 0 Å². The number of rotatable bonds is 4. The molecule has 1 aromatic rings. The number of piperidine rings is 1. The Hall–Kier alpha value is -1.33. The first-order valence-electron chi connectivity index (χ1n) is 9.31. The topological polar surface area (TPSA) is 45.9 Å². The van der Waals surface area contributed by atoms with E-state index < -0.39 is 0 Å². The van der Waals surface area contributed by atoms with E-state index in [-0.39, 0.29) is 5.91 Å². The first-order chi connectivity index (χ1) is 11.5. The number of morpholine rings is 1. The van der Waals surface area contributed by atoms with Gasteiger partial charge < -0.3 is 14.1 Å². The van der Waals surface area contributed by atoms with Crippen molar-refractivity contribution in [1.82, 2.24) is 9.80 Å². The van der Waals surface area contributed by atoms with Gasteiger partial charge in [0.25, 0.3) is 5.91 Å². The number of carbonyl (C=O) groups excluding carboxylic acids is 1. The van der Waals surface area contributed by atoms with Gasteiger partial charge in [0.15, 0.2) is 5.76 Å². The van der Waals surface area contributed by atoms with Crippen LogP contribution in [0, 0.1) is 5.92 Å². The number of carbonyl (C=O) groups is 1. The van der Waals surface area contributed by atoms with E-state index in [0.717, 1.165) is 57.7 Å². The van der Waals surface area contributed by atoms with Crippen molar-refractivity contribution < 1.29 is 13.9 Å². The Morgan fingerprint density at radius 1 is 1.17 bits per heavy atom. The number of nitrogens with zero attached hydrogens (tertiary/aromatic N) is 2. The van der Waals surface area contributed by atoms with E-state index in [4.69, 9.17) is 9.15 Å². The Morgan fingerprint density at radius 2 is 1.83 bits per heavy atom. The van der Waals surface area contributed by atoms with Crippen LogP contribution in [0.2, 0.25) is 0 Å². The van der Waals surface area contributed by atoms with Crippen molar-refractivity contribution in [2.75, 3.05) is 32.7 Å². The average molecular weight is 334 g/mol. The van der Waals surface area contributed by atoms with Crippen molar-refractivity contribution in [1.29, 1.82) is 0 Å². The Labute approximate surface area is 144 Å². The van der Waals surface area contributed by atoms with Crippen molar-refractivity contribution in [3.63, 3.8) is 0 Å². The highest BCUT2D eigenvalue weighted by molar-refractivity contribution is 5.91. The molecule has 1 aromatic heterocycles. The lowest BCUT2D eigenvalue weighted by Crippen LogP contribution is -2.48. The fraction of sp³-hybridized carbons (Fsp3) is 0.737. The maximum atomic E-state index is 12.5. The third-order valence-electron chi connectivity index (χ3n) is 5.13. The average Bonchev–Trinajstić information content (AvgIpc) is 3.03. The van der Waals surface area contributed by atoms with Gasteiger partial charge in [-0.15, -0.1) is 0 Å². The maximum Gasteiger partial charge on any atom is 0.289 e. The highest BCUT2D eigenvalue weighted by atomic mass is 16.5. The van der Waals surface area contributed by atoms with Gasteiger partial charge in [0.2, 0.25) is 0 Å². The van der Waals surface area contributed by atoms with Gasteiger partial charge >= 0.3 is 0 Å². The van der Waals surface area contributed by atoms with Gasteiger partial charge in [-0.3, -0.25) is 9.69 Å². The summed E-state index contributed by atoms with van der Waals surface area (Å²) in [5.41, 5.74) is 0. The number of amides is 1. The molecule has 0 bridgehead atoms. The lowest BCUT2D eigenvalue weighted by molar-refractivity contribution is -0.0729. The zero-order valence-corrected chi connectivity index (χ0v) is 15.2. The summed E-state index contributed by atoms with van der Waals surface area (Å²) in [6, 6.07) is 3.71. The van der Waals surface area contributed by atoms with Crippen LogP contribution in [0.1, 0.15) is 49.9 Å². The van der Waals surface area contributed by atoms with Gasteiger partial charge in [0.1, 0.15) is 5.76 Å². The minimum absolute atomic E-state index is 0.0433. The van der Waals surface area contributed by atoms with Gasteiger partial charge in [-0.1, -0.05) is 6.92 Å². The molecule has 0 N–H and O–H groups in total. The molecule has 3 rings (SSSR count). The number of aryl methyl sites for hydroxylation is 1. The van der Waals surface area contributed by atoms with Crippen LogP contribution in [0.3, 0.4) is 0 Å². The third kappa shape index (κ3) is 4.19. The van der Waals surface area contributed by atoms with Crippen molar-refractivity contribution >= 4 is 5.91 Å². The van der Waals surface area contributed by atoms with E-state index in [1.165, 1.54) is 0 Å². The van der Waals surface area contributed by atoms with Crippen molar-refractivity contribution in [3.8, 4) is 0 Å². The first-order valence-corrected chi connectivity index (χ1v) is 9.31. The van der Waals surface area contributed by atoms with Gasteiger partial charge in [0.05, 0.1) is 12.2 Å². The standard InChI is InChI=1S/C19H30N2O3/c1-4-17-5-6-18(24-17)19(22)21-9-7-16(8-10-21)13-20-11-14(2)23-15(3)12-20/h5-6,14-16H,4,7-13H2,1-3H3/t14-,15+. The molecule has 0 saturated carbocycles.